The van der Waals surface area contributed by atoms with Crippen molar-refractivity contribution in [1.82, 2.24) is 9.88 Å². The Bertz CT molecular complexity index is 723. The molecule has 0 aliphatic carbocycles. The number of benzene rings is 1. The monoisotopic (exact) mass is 283 g/mol. The largest absolute Gasteiger partial charge is 0.358 e. The van der Waals surface area contributed by atoms with Crippen LogP contribution in [0.1, 0.15) is 34.7 Å². The van der Waals surface area contributed by atoms with E-state index >= 15 is 0 Å². The van der Waals surface area contributed by atoms with Gasteiger partial charge in [-0.3, -0.25) is 4.79 Å². The highest BCUT2D eigenvalue weighted by Gasteiger charge is 2.36. The van der Waals surface area contributed by atoms with Crippen molar-refractivity contribution >= 4 is 22.5 Å². The minimum absolute atomic E-state index is 0.170. The van der Waals surface area contributed by atoms with Gasteiger partial charge in [0.1, 0.15) is 5.82 Å². The molecule has 4 nitrogen and oxygen atoms in total. The van der Waals surface area contributed by atoms with E-state index in [2.05, 4.69) is 27.9 Å². The first-order valence-electron chi connectivity index (χ1n) is 7.76. The van der Waals surface area contributed by atoms with E-state index in [-0.39, 0.29) is 5.78 Å². The van der Waals surface area contributed by atoms with Crippen molar-refractivity contribution < 1.29 is 4.79 Å². The van der Waals surface area contributed by atoms with E-state index in [1.165, 1.54) is 29.6 Å². The van der Waals surface area contributed by atoms with E-state index in [1.54, 1.807) is 0 Å². The molecule has 1 fully saturated rings. The number of para-hydroxylation sites is 1. The van der Waals surface area contributed by atoms with Gasteiger partial charge in [-0.2, -0.15) is 0 Å². The number of carbonyl (C=O) groups excluding carboxylic acids is 1. The second kappa shape index (κ2) is 4.60. The van der Waals surface area contributed by atoms with Gasteiger partial charge >= 0.3 is 0 Å². The van der Waals surface area contributed by atoms with Crippen LogP contribution < -0.4 is 10.2 Å². The maximum absolute atomic E-state index is 12.4. The van der Waals surface area contributed by atoms with Crippen molar-refractivity contribution in [2.24, 2.45) is 7.05 Å². The minimum atomic E-state index is 0.170. The van der Waals surface area contributed by atoms with Gasteiger partial charge < -0.3 is 14.8 Å². The van der Waals surface area contributed by atoms with Crippen LogP contribution in [0, 0.1) is 0 Å². The molecule has 0 unspecified atom stereocenters. The Balaban J connectivity index is 2.00. The Morgan fingerprint density at radius 1 is 1.33 bits per heavy atom. The van der Waals surface area contributed by atoms with Gasteiger partial charge in [-0.25, -0.2) is 0 Å². The zero-order chi connectivity index (χ0) is 14.6. The first kappa shape index (κ1) is 12.9. The van der Waals surface area contributed by atoms with Gasteiger partial charge in [-0.05, 0) is 31.9 Å². The molecule has 110 valence electrons. The molecule has 21 heavy (non-hydrogen) atoms. The van der Waals surface area contributed by atoms with Gasteiger partial charge in [0.05, 0.1) is 12.1 Å². The molecular weight excluding hydrogens is 262 g/mol. The van der Waals surface area contributed by atoms with Crippen LogP contribution >= 0.6 is 0 Å². The molecule has 1 N–H and O–H groups in total. The summed E-state index contributed by atoms with van der Waals surface area (Å²) in [6.45, 7) is 2.70. The average molecular weight is 283 g/mol. The number of nitrogens with zero attached hydrogens (tertiary/aromatic N) is 2. The highest BCUT2D eigenvalue weighted by Crippen LogP contribution is 2.47. The third kappa shape index (κ3) is 1.69. The van der Waals surface area contributed by atoms with Crippen molar-refractivity contribution in [3.63, 3.8) is 0 Å². The smallest absolute Gasteiger partial charge is 0.178 e. The van der Waals surface area contributed by atoms with Gasteiger partial charge in [0.25, 0.3) is 0 Å². The topological polar surface area (TPSA) is 37.3 Å². The normalized spacial score (nSPS) is 17.5. The van der Waals surface area contributed by atoms with Gasteiger partial charge in [-0.1, -0.05) is 12.1 Å². The fraction of sp³-hybridized carbons (Fsp3) is 0.471. The molecule has 1 aromatic heterocycles. The summed E-state index contributed by atoms with van der Waals surface area (Å²) in [6, 6.07) is 6.18. The van der Waals surface area contributed by atoms with Gasteiger partial charge in [-0.15, -0.1) is 0 Å². The Morgan fingerprint density at radius 3 is 2.81 bits per heavy atom. The predicted molar refractivity (Wildman–Crippen MR) is 85.4 cm³/mol. The van der Waals surface area contributed by atoms with Crippen molar-refractivity contribution in [2.45, 2.75) is 18.8 Å². The van der Waals surface area contributed by atoms with E-state index in [4.69, 9.17) is 0 Å². The number of ketones is 1. The predicted octanol–water partition coefficient (Wildman–Crippen LogP) is 2.28. The summed E-state index contributed by atoms with van der Waals surface area (Å²) in [6.07, 6.45) is 2.50. The number of likely N-dealkylation sites (N-methyl/N-ethyl adjacent to an activating group) is 1. The fourth-order valence-corrected chi connectivity index (χ4v) is 4.17. The molecule has 3 aliphatic heterocycles. The lowest BCUT2D eigenvalue weighted by molar-refractivity contribution is 0.0995. The fourth-order valence-electron chi connectivity index (χ4n) is 4.17. The zero-order valence-electron chi connectivity index (χ0n) is 12.6. The molecule has 2 aromatic rings. The van der Waals surface area contributed by atoms with Crippen LogP contribution in [0.5, 0.6) is 0 Å². The summed E-state index contributed by atoms with van der Waals surface area (Å²) >= 11 is 0. The average Bonchev–Trinajstić information content (AvgIpc) is 2.85. The third-order valence-corrected chi connectivity index (χ3v) is 5.06. The molecule has 0 saturated carbocycles. The Hall–Kier alpha value is -1.81. The summed E-state index contributed by atoms with van der Waals surface area (Å²) in [5.74, 6) is 2.18. The van der Waals surface area contributed by atoms with Crippen molar-refractivity contribution in [1.29, 1.82) is 0 Å². The number of hydrogen-bond acceptors (Lipinski definition) is 3. The highest BCUT2D eigenvalue weighted by atomic mass is 16.1. The number of hydrogen-bond donors (Lipinski definition) is 1. The summed E-state index contributed by atoms with van der Waals surface area (Å²) in [5, 5.41) is 4.25. The van der Waals surface area contributed by atoms with Gasteiger partial charge in [0.2, 0.25) is 0 Å². The highest BCUT2D eigenvalue weighted by molar-refractivity contribution is 6.10. The number of fused-ring (bicyclic) bond motifs is 3. The van der Waals surface area contributed by atoms with E-state index in [0.29, 0.717) is 12.5 Å². The van der Waals surface area contributed by atoms with Crippen molar-refractivity contribution in [3.05, 3.63) is 29.3 Å². The molecule has 4 heteroatoms. The molecule has 4 heterocycles. The number of aromatic nitrogens is 1. The molecule has 0 radical (unpaired) electrons. The van der Waals surface area contributed by atoms with Crippen LogP contribution in [-0.2, 0) is 7.05 Å². The van der Waals surface area contributed by atoms with E-state index in [0.717, 1.165) is 24.2 Å². The number of rotatable bonds is 3. The van der Waals surface area contributed by atoms with Crippen LogP contribution in [0.15, 0.2) is 18.2 Å². The van der Waals surface area contributed by atoms with Crippen LogP contribution in [-0.4, -0.2) is 37.0 Å². The lowest BCUT2D eigenvalue weighted by Gasteiger charge is -2.41. The molecule has 1 saturated heterocycles. The molecule has 2 bridgehead atoms. The standard InChI is InChI=1S/C17H21N3O/c1-18-10-14(21)12-4-3-5-13-15-11-6-8-20(9-7-11)17(15)19(2)16(12)13/h3-5,11,18H,6-10H2,1-2H3. The lowest BCUT2D eigenvalue weighted by atomic mass is 9.84. The minimum Gasteiger partial charge on any atom is -0.358 e. The van der Waals surface area contributed by atoms with Crippen LogP contribution in [0.4, 0.5) is 5.82 Å². The van der Waals surface area contributed by atoms with Crippen LogP contribution in [0.3, 0.4) is 0 Å². The number of carbonyl (C=O) groups is 1. The summed E-state index contributed by atoms with van der Waals surface area (Å²) in [4.78, 5) is 14.9. The molecule has 0 amide bonds. The first-order valence-corrected chi connectivity index (χ1v) is 7.76. The SMILES string of the molecule is CNCC(=O)c1cccc2c3c(n(C)c12)N1CCC3CC1. The summed E-state index contributed by atoms with van der Waals surface area (Å²) in [5.41, 5.74) is 3.44. The quantitative estimate of drug-likeness (QED) is 0.878. The molecular formula is C17H21N3O. The van der Waals surface area contributed by atoms with Crippen LogP contribution in [0.2, 0.25) is 0 Å². The van der Waals surface area contributed by atoms with E-state index in [9.17, 15) is 4.79 Å². The first-order chi connectivity index (χ1) is 10.2. The third-order valence-electron chi connectivity index (χ3n) is 5.06. The Morgan fingerprint density at radius 2 is 2.10 bits per heavy atom. The Kier molecular flexibility index (Phi) is 2.82. The second-order valence-electron chi connectivity index (χ2n) is 6.21. The number of nitrogens with one attached hydrogen (secondary N) is 1. The zero-order valence-corrected chi connectivity index (χ0v) is 12.6. The number of anilines is 1. The second-order valence-corrected chi connectivity index (χ2v) is 6.21. The molecule has 0 atom stereocenters. The molecule has 1 aromatic carbocycles. The van der Waals surface area contributed by atoms with Crippen molar-refractivity contribution in [3.8, 4) is 0 Å². The maximum Gasteiger partial charge on any atom is 0.178 e. The molecule has 0 spiro atoms. The van der Waals surface area contributed by atoms with Gasteiger partial charge in [0, 0.05) is 36.7 Å². The maximum atomic E-state index is 12.4. The summed E-state index contributed by atoms with van der Waals surface area (Å²) < 4.78 is 2.25. The summed E-state index contributed by atoms with van der Waals surface area (Å²) in [7, 11) is 3.93. The van der Waals surface area contributed by atoms with Crippen LogP contribution in [0.25, 0.3) is 10.9 Å². The lowest BCUT2D eigenvalue weighted by Crippen LogP contribution is -2.39. The number of aryl methyl sites for hydroxylation is 1. The molecule has 3 aliphatic rings. The molecule has 5 rings (SSSR count). The number of Topliss-reactive ketones (excluding diaryl/α,β-unsaturated/α-hetero) is 1. The number of piperidine rings is 1. The van der Waals surface area contributed by atoms with E-state index < -0.39 is 0 Å². The van der Waals surface area contributed by atoms with E-state index in [1.807, 2.05) is 19.2 Å². The van der Waals surface area contributed by atoms with Gasteiger partial charge in [0.15, 0.2) is 5.78 Å². The van der Waals surface area contributed by atoms with Crippen molar-refractivity contribution in [2.75, 3.05) is 31.6 Å². The Labute approximate surface area is 124 Å².